The lowest BCUT2D eigenvalue weighted by atomic mass is 10.0. The highest BCUT2D eigenvalue weighted by Gasteiger charge is 2.20. The highest BCUT2D eigenvalue weighted by molar-refractivity contribution is 6.39. The summed E-state index contributed by atoms with van der Waals surface area (Å²) in [5, 5.41) is 5.28. The van der Waals surface area contributed by atoms with Gasteiger partial charge in [-0.25, -0.2) is 4.39 Å². The number of hydrogen-bond donors (Lipinski definition) is 2. The van der Waals surface area contributed by atoms with E-state index in [-0.39, 0.29) is 5.82 Å². The third kappa shape index (κ3) is 5.79. The first-order valence-electron chi connectivity index (χ1n) is 10.3. The molecule has 1 heterocycles. The van der Waals surface area contributed by atoms with Gasteiger partial charge in [-0.2, -0.15) is 0 Å². The van der Waals surface area contributed by atoms with Crippen LogP contribution in [0.2, 0.25) is 0 Å². The van der Waals surface area contributed by atoms with Crippen molar-refractivity contribution >= 4 is 23.2 Å². The van der Waals surface area contributed by atoms with Gasteiger partial charge in [0.1, 0.15) is 5.82 Å². The average Bonchev–Trinajstić information content (AvgIpc) is 2.75. The summed E-state index contributed by atoms with van der Waals surface area (Å²) in [6.45, 7) is 8.23. The van der Waals surface area contributed by atoms with Crippen LogP contribution in [0.1, 0.15) is 25.3 Å². The maximum Gasteiger partial charge on any atom is 0.313 e. The van der Waals surface area contributed by atoms with Gasteiger partial charge in [0.15, 0.2) is 0 Å². The van der Waals surface area contributed by atoms with Gasteiger partial charge in [0, 0.05) is 45.0 Å². The molecule has 30 heavy (non-hydrogen) atoms. The predicted octanol–water partition coefficient (Wildman–Crippen LogP) is 2.83. The molecule has 2 aromatic rings. The third-order valence-electron chi connectivity index (χ3n) is 5.32. The molecule has 2 N–H and O–H groups in total. The van der Waals surface area contributed by atoms with E-state index in [0.29, 0.717) is 30.4 Å². The van der Waals surface area contributed by atoms with E-state index in [2.05, 4.69) is 29.4 Å². The van der Waals surface area contributed by atoms with Crippen molar-refractivity contribution in [3.63, 3.8) is 0 Å². The summed E-state index contributed by atoms with van der Waals surface area (Å²) in [6, 6.07) is 14.3. The predicted molar refractivity (Wildman–Crippen MR) is 117 cm³/mol. The number of hydrogen-bond acceptors (Lipinski definition) is 4. The Morgan fingerprint density at radius 3 is 2.27 bits per heavy atom. The summed E-state index contributed by atoms with van der Waals surface area (Å²) in [4.78, 5) is 28.3. The number of halogens is 1. The Balaban J connectivity index is 1.37. The molecule has 1 aliphatic rings. The minimum absolute atomic E-state index is 0.205. The Morgan fingerprint density at radius 1 is 0.967 bits per heavy atom. The average molecular weight is 413 g/mol. The molecule has 1 aliphatic heterocycles. The van der Waals surface area contributed by atoms with Crippen LogP contribution in [0.3, 0.4) is 0 Å². The van der Waals surface area contributed by atoms with Crippen LogP contribution >= 0.6 is 0 Å². The highest BCUT2D eigenvalue weighted by Crippen LogP contribution is 2.20. The van der Waals surface area contributed by atoms with Crippen molar-refractivity contribution in [1.29, 1.82) is 0 Å². The molecular weight excluding hydrogens is 383 g/mol. The normalized spacial score (nSPS) is 14.6. The fourth-order valence-electron chi connectivity index (χ4n) is 3.47. The monoisotopic (exact) mass is 412 g/mol. The van der Waals surface area contributed by atoms with E-state index >= 15 is 0 Å². The van der Waals surface area contributed by atoms with E-state index in [1.165, 1.54) is 11.6 Å². The van der Waals surface area contributed by atoms with E-state index in [1.807, 2.05) is 23.1 Å². The van der Waals surface area contributed by atoms with E-state index in [4.69, 9.17) is 0 Å². The number of anilines is 2. The smallest absolute Gasteiger partial charge is 0.313 e. The van der Waals surface area contributed by atoms with Crippen LogP contribution in [0.15, 0.2) is 48.5 Å². The molecular formula is C23H29FN4O2. The van der Waals surface area contributed by atoms with Crippen molar-refractivity contribution in [2.75, 3.05) is 49.5 Å². The van der Waals surface area contributed by atoms with Gasteiger partial charge in [-0.15, -0.1) is 0 Å². The molecule has 0 aromatic heterocycles. The number of para-hydroxylation sites is 1. The molecule has 1 saturated heterocycles. The van der Waals surface area contributed by atoms with Gasteiger partial charge in [-0.3, -0.25) is 14.5 Å². The summed E-state index contributed by atoms with van der Waals surface area (Å²) >= 11 is 0. The van der Waals surface area contributed by atoms with E-state index in [0.717, 1.165) is 26.2 Å². The molecule has 3 rings (SSSR count). The Bertz CT molecular complexity index is 862. The molecule has 1 fully saturated rings. The van der Waals surface area contributed by atoms with Crippen LogP contribution in [0.5, 0.6) is 0 Å². The van der Waals surface area contributed by atoms with Crippen molar-refractivity contribution < 1.29 is 14.0 Å². The highest BCUT2D eigenvalue weighted by atomic mass is 19.1. The lowest BCUT2D eigenvalue weighted by molar-refractivity contribution is -0.136. The molecule has 2 amide bonds. The topological polar surface area (TPSA) is 64.7 Å². The zero-order valence-electron chi connectivity index (χ0n) is 17.5. The maximum atomic E-state index is 13.9. The van der Waals surface area contributed by atoms with Crippen LogP contribution < -0.4 is 15.5 Å². The molecule has 0 aliphatic carbocycles. The quantitative estimate of drug-likeness (QED) is 0.717. The zero-order chi connectivity index (χ0) is 21.5. The van der Waals surface area contributed by atoms with Gasteiger partial charge >= 0.3 is 11.8 Å². The number of carbonyl (C=O) groups excluding carboxylic acids is 2. The lowest BCUT2D eigenvalue weighted by Gasteiger charge is -2.36. The molecule has 0 spiro atoms. The SMILES string of the molecule is CC(C)c1ccc(NC(=O)C(=O)NCCN2CCN(c3ccccc3F)CC2)cc1. The van der Waals surface area contributed by atoms with Gasteiger partial charge in [0.05, 0.1) is 5.69 Å². The molecule has 0 unspecified atom stereocenters. The standard InChI is InChI=1S/C23H29FN4O2/c1-17(2)18-7-9-19(10-8-18)26-23(30)22(29)25-11-12-27-13-15-28(16-14-27)21-6-4-3-5-20(21)24/h3-10,17H,11-16H2,1-2H3,(H,25,29)(H,26,30). The first-order chi connectivity index (χ1) is 14.4. The fraction of sp³-hybridized carbons (Fsp3) is 0.391. The number of carbonyl (C=O) groups is 2. The van der Waals surface area contributed by atoms with Crippen LogP contribution in [0, 0.1) is 5.82 Å². The van der Waals surface area contributed by atoms with Crippen LogP contribution in [0.4, 0.5) is 15.8 Å². The summed E-state index contributed by atoms with van der Waals surface area (Å²) < 4.78 is 13.9. The molecule has 0 saturated carbocycles. The van der Waals surface area contributed by atoms with E-state index in [1.54, 1.807) is 24.3 Å². The van der Waals surface area contributed by atoms with Gasteiger partial charge in [0.2, 0.25) is 0 Å². The molecule has 2 aromatic carbocycles. The second-order valence-electron chi connectivity index (χ2n) is 7.77. The summed E-state index contributed by atoms with van der Waals surface area (Å²) in [6.07, 6.45) is 0. The molecule has 7 heteroatoms. The maximum absolute atomic E-state index is 13.9. The Labute approximate surface area is 177 Å². The lowest BCUT2D eigenvalue weighted by Crippen LogP contribution is -2.49. The Hall–Kier alpha value is -2.93. The Morgan fingerprint density at radius 2 is 1.63 bits per heavy atom. The number of nitrogens with zero attached hydrogens (tertiary/aromatic N) is 2. The summed E-state index contributed by atoms with van der Waals surface area (Å²) in [5.74, 6) is -1.11. The van der Waals surface area contributed by atoms with Crippen molar-refractivity contribution in [1.82, 2.24) is 10.2 Å². The van der Waals surface area contributed by atoms with Crippen LogP contribution in [-0.2, 0) is 9.59 Å². The largest absolute Gasteiger partial charge is 0.367 e. The Kier molecular flexibility index (Phi) is 7.41. The molecule has 0 radical (unpaired) electrons. The number of benzene rings is 2. The van der Waals surface area contributed by atoms with Crippen molar-refractivity contribution in [2.24, 2.45) is 0 Å². The molecule has 6 nitrogen and oxygen atoms in total. The van der Waals surface area contributed by atoms with Gasteiger partial charge in [-0.1, -0.05) is 38.1 Å². The van der Waals surface area contributed by atoms with Crippen molar-refractivity contribution in [3.8, 4) is 0 Å². The fourth-order valence-corrected chi connectivity index (χ4v) is 3.47. The minimum atomic E-state index is -0.670. The second kappa shape index (κ2) is 10.2. The van der Waals surface area contributed by atoms with Crippen LogP contribution in [0.25, 0.3) is 0 Å². The van der Waals surface area contributed by atoms with Gasteiger partial charge < -0.3 is 15.5 Å². The third-order valence-corrected chi connectivity index (χ3v) is 5.32. The van der Waals surface area contributed by atoms with E-state index < -0.39 is 11.8 Å². The van der Waals surface area contributed by atoms with Crippen molar-refractivity contribution in [2.45, 2.75) is 19.8 Å². The minimum Gasteiger partial charge on any atom is -0.367 e. The molecule has 160 valence electrons. The zero-order valence-corrected chi connectivity index (χ0v) is 17.5. The van der Waals surface area contributed by atoms with Crippen LogP contribution in [-0.4, -0.2) is 56.0 Å². The summed E-state index contributed by atoms with van der Waals surface area (Å²) in [5.41, 5.74) is 2.40. The number of amides is 2. The number of nitrogens with one attached hydrogen (secondary N) is 2. The van der Waals surface area contributed by atoms with Gasteiger partial charge in [-0.05, 0) is 35.7 Å². The molecule has 0 bridgehead atoms. The first-order valence-corrected chi connectivity index (χ1v) is 10.3. The summed E-state index contributed by atoms with van der Waals surface area (Å²) in [7, 11) is 0. The van der Waals surface area contributed by atoms with E-state index in [9.17, 15) is 14.0 Å². The number of rotatable bonds is 6. The number of piperazine rings is 1. The van der Waals surface area contributed by atoms with Crippen molar-refractivity contribution in [3.05, 3.63) is 59.9 Å². The molecule has 0 atom stereocenters. The second-order valence-corrected chi connectivity index (χ2v) is 7.77. The first kappa shape index (κ1) is 21.8. The van der Waals surface area contributed by atoms with Gasteiger partial charge in [0.25, 0.3) is 0 Å².